The first-order chi connectivity index (χ1) is 10.5. The molecule has 122 valence electrons. The number of urea groups is 1. The minimum absolute atomic E-state index is 0.0510. The maximum Gasteiger partial charge on any atom is 0.387 e. The molecule has 2 amide bonds. The summed E-state index contributed by atoms with van der Waals surface area (Å²) in [5.41, 5.74) is 0.336. The summed E-state index contributed by atoms with van der Waals surface area (Å²) in [6, 6.07) is 3.87. The average molecular weight is 335 g/mol. The predicted molar refractivity (Wildman–Crippen MR) is 78.7 cm³/mol. The Morgan fingerprint density at radius 3 is 3.05 bits per heavy atom. The van der Waals surface area contributed by atoms with Crippen LogP contribution in [0.2, 0.25) is 5.02 Å². The third-order valence-electron chi connectivity index (χ3n) is 3.13. The van der Waals surface area contributed by atoms with E-state index in [9.17, 15) is 13.6 Å². The Labute approximate surface area is 132 Å². The van der Waals surface area contributed by atoms with E-state index in [1.165, 1.54) is 18.2 Å². The molecule has 1 aliphatic heterocycles. The zero-order valence-electron chi connectivity index (χ0n) is 12.0. The second-order valence-electron chi connectivity index (χ2n) is 5.08. The van der Waals surface area contributed by atoms with E-state index in [4.69, 9.17) is 16.3 Å². The first-order valence-corrected chi connectivity index (χ1v) is 7.21. The number of hydrogen-bond acceptors (Lipinski definition) is 3. The molecule has 0 aliphatic carbocycles. The lowest BCUT2D eigenvalue weighted by atomic mass is 10.2. The van der Waals surface area contributed by atoms with E-state index in [-0.39, 0.29) is 22.7 Å². The largest absolute Gasteiger partial charge is 0.433 e. The van der Waals surface area contributed by atoms with Crippen LogP contribution in [0.5, 0.6) is 5.75 Å². The number of nitrogens with one attached hydrogen (secondary N) is 1. The van der Waals surface area contributed by atoms with Crippen LogP contribution in [-0.4, -0.2) is 43.8 Å². The van der Waals surface area contributed by atoms with Gasteiger partial charge >= 0.3 is 12.6 Å². The third kappa shape index (κ3) is 4.71. The molecule has 5 nitrogen and oxygen atoms in total. The Morgan fingerprint density at radius 1 is 1.55 bits per heavy atom. The number of hydrogen-bond donors (Lipinski definition) is 1. The van der Waals surface area contributed by atoms with Crippen LogP contribution < -0.4 is 10.1 Å². The first kappa shape index (κ1) is 16.8. The number of nitrogens with zero attached hydrogens (tertiary/aromatic N) is 1. The lowest BCUT2D eigenvalue weighted by Gasteiger charge is -2.22. The molecule has 0 spiro atoms. The van der Waals surface area contributed by atoms with Gasteiger partial charge in [-0.05, 0) is 18.1 Å². The van der Waals surface area contributed by atoms with E-state index in [0.717, 1.165) is 0 Å². The van der Waals surface area contributed by atoms with Crippen LogP contribution in [0.25, 0.3) is 0 Å². The SMILES string of the molecule is CC1COCCN(C(=O)Nc2ccc(Cl)c(OC(F)F)c2)C1. The van der Waals surface area contributed by atoms with Crippen LogP contribution in [0.4, 0.5) is 19.3 Å². The first-order valence-electron chi connectivity index (χ1n) is 6.83. The Bertz CT molecular complexity index is 531. The molecule has 1 aliphatic rings. The van der Waals surface area contributed by atoms with Gasteiger partial charge in [-0.25, -0.2) is 4.79 Å². The summed E-state index contributed by atoms with van der Waals surface area (Å²) in [6.07, 6.45) is 0. The smallest absolute Gasteiger partial charge is 0.387 e. The van der Waals surface area contributed by atoms with Crippen molar-refractivity contribution < 1.29 is 23.0 Å². The zero-order chi connectivity index (χ0) is 16.1. The Balaban J connectivity index is 2.04. The number of ether oxygens (including phenoxy) is 2. The number of carbonyl (C=O) groups is 1. The van der Waals surface area contributed by atoms with Gasteiger partial charge in [-0.1, -0.05) is 18.5 Å². The summed E-state index contributed by atoms with van der Waals surface area (Å²) in [6.45, 7) is 1.13. The van der Waals surface area contributed by atoms with Gasteiger partial charge in [-0.3, -0.25) is 0 Å². The fourth-order valence-electron chi connectivity index (χ4n) is 2.13. The lowest BCUT2D eigenvalue weighted by Crippen LogP contribution is -2.38. The molecule has 1 unspecified atom stereocenters. The molecule has 1 aromatic carbocycles. The minimum atomic E-state index is -2.98. The van der Waals surface area contributed by atoms with Crippen molar-refractivity contribution in [3.05, 3.63) is 23.2 Å². The van der Waals surface area contributed by atoms with E-state index >= 15 is 0 Å². The number of carbonyl (C=O) groups excluding carboxylic acids is 1. The highest BCUT2D eigenvalue weighted by atomic mass is 35.5. The number of benzene rings is 1. The van der Waals surface area contributed by atoms with Gasteiger partial charge in [-0.2, -0.15) is 8.78 Å². The molecule has 1 aromatic rings. The topological polar surface area (TPSA) is 50.8 Å². The number of anilines is 1. The quantitative estimate of drug-likeness (QED) is 0.921. The van der Waals surface area contributed by atoms with Gasteiger partial charge in [0.2, 0.25) is 0 Å². The van der Waals surface area contributed by atoms with Crippen LogP contribution in [0.3, 0.4) is 0 Å². The monoisotopic (exact) mass is 334 g/mol. The van der Waals surface area contributed by atoms with Crippen LogP contribution in [-0.2, 0) is 4.74 Å². The molecular formula is C14H17ClF2N2O3. The van der Waals surface area contributed by atoms with Crippen molar-refractivity contribution in [2.24, 2.45) is 5.92 Å². The lowest BCUT2D eigenvalue weighted by molar-refractivity contribution is -0.0497. The average Bonchev–Trinajstić information content (AvgIpc) is 2.66. The molecule has 1 heterocycles. The number of rotatable bonds is 3. The van der Waals surface area contributed by atoms with Crippen molar-refractivity contribution >= 4 is 23.3 Å². The number of amides is 2. The van der Waals surface area contributed by atoms with E-state index in [0.29, 0.717) is 32.0 Å². The van der Waals surface area contributed by atoms with E-state index in [1.807, 2.05) is 6.92 Å². The van der Waals surface area contributed by atoms with Crippen molar-refractivity contribution in [1.82, 2.24) is 4.90 Å². The minimum Gasteiger partial charge on any atom is -0.433 e. The molecular weight excluding hydrogens is 318 g/mol. The predicted octanol–water partition coefficient (Wildman–Crippen LogP) is 3.44. The van der Waals surface area contributed by atoms with Gasteiger partial charge in [0.05, 0.1) is 18.2 Å². The van der Waals surface area contributed by atoms with Crippen LogP contribution in [0.1, 0.15) is 6.92 Å². The Kier molecular flexibility index (Phi) is 5.79. The summed E-state index contributed by atoms with van der Waals surface area (Å²) in [4.78, 5) is 13.8. The van der Waals surface area contributed by atoms with Crippen molar-refractivity contribution in [3.8, 4) is 5.75 Å². The van der Waals surface area contributed by atoms with E-state index < -0.39 is 6.61 Å². The molecule has 1 fully saturated rings. The summed E-state index contributed by atoms with van der Waals surface area (Å²) in [7, 11) is 0. The van der Waals surface area contributed by atoms with Gasteiger partial charge in [0.15, 0.2) is 0 Å². The van der Waals surface area contributed by atoms with Gasteiger partial charge in [0.1, 0.15) is 5.75 Å². The molecule has 22 heavy (non-hydrogen) atoms. The highest BCUT2D eigenvalue weighted by Crippen LogP contribution is 2.29. The molecule has 0 aromatic heterocycles. The molecule has 0 radical (unpaired) electrons. The van der Waals surface area contributed by atoms with Crippen molar-refractivity contribution in [1.29, 1.82) is 0 Å². The Morgan fingerprint density at radius 2 is 2.32 bits per heavy atom. The summed E-state index contributed by atoms with van der Waals surface area (Å²) in [5, 5.41) is 2.70. The van der Waals surface area contributed by atoms with Crippen LogP contribution >= 0.6 is 11.6 Å². The van der Waals surface area contributed by atoms with Gasteiger partial charge in [0, 0.05) is 24.8 Å². The highest BCUT2D eigenvalue weighted by molar-refractivity contribution is 6.32. The maximum absolute atomic E-state index is 12.3. The molecule has 1 saturated heterocycles. The molecule has 2 rings (SSSR count). The van der Waals surface area contributed by atoms with Crippen molar-refractivity contribution in [2.45, 2.75) is 13.5 Å². The standard InChI is InChI=1S/C14H17ClF2N2O3/c1-9-7-19(4-5-21-8-9)14(20)18-10-2-3-11(15)12(6-10)22-13(16)17/h2-3,6,9,13H,4-5,7-8H2,1H3,(H,18,20). The van der Waals surface area contributed by atoms with Crippen molar-refractivity contribution in [2.75, 3.05) is 31.6 Å². The van der Waals surface area contributed by atoms with Crippen molar-refractivity contribution in [3.63, 3.8) is 0 Å². The van der Waals surface area contributed by atoms with Crippen LogP contribution in [0, 0.1) is 5.92 Å². The van der Waals surface area contributed by atoms with E-state index in [2.05, 4.69) is 10.1 Å². The fraction of sp³-hybridized carbons (Fsp3) is 0.500. The second-order valence-corrected chi connectivity index (χ2v) is 5.49. The van der Waals surface area contributed by atoms with Gasteiger partial charge in [-0.15, -0.1) is 0 Å². The summed E-state index contributed by atoms with van der Waals surface area (Å²) in [5.74, 6) is 0.0539. The number of halogens is 3. The maximum atomic E-state index is 12.3. The Hall–Kier alpha value is -1.60. The van der Waals surface area contributed by atoms with Gasteiger partial charge < -0.3 is 19.7 Å². The second kappa shape index (κ2) is 7.60. The summed E-state index contributed by atoms with van der Waals surface area (Å²) >= 11 is 5.77. The van der Waals surface area contributed by atoms with Gasteiger partial charge in [0.25, 0.3) is 0 Å². The molecule has 1 N–H and O–H groups in total. The normalized spacial score (nSPS) is 19.0. The molecule has 1 atom stereocenters. The molecule has 0 bridgehead atoms. The zero-order valence-corrected chi connectivity index (χ0v) is 12.8. The van der Waals surface area contributed by atoms with E-state index in [1.54, 1.807) is 4.90 Å². The number of alkyl halides is 2. The molecule has 8 heteroatoms. The molecule has 0 saturated carbocycles. The highest BCUT2D eigenvalue weighted by Gasteiger charge is 2.20. The summed E-state index contributed by atoms with van der Waals surface area (Å²) < 4.78 is 34.2. The van der Waals surface area contributed by atoms with Crippen LogP contribution in [0.15, 0.2) is 18.2 Å². The fourth-order valence-corrected chi connectivity index (χ4v) is 2.30. The third-order valence-corrected chi connectivity index (χ3v) is 3.44.